The molecule has 41 heteroatoms. The fourth-order valence-corrected chi connectivity index (χ4v) is 11.7. The van der Waals surface area contributed by atoms with Crippen LogP contribution in [0, 0.1) is 29.6 Å². The molecule has 0 spiro atoms. The molecular weight excluding hydrogens is 1530 g/mol. The summed E-state index contributed by atoms with van der Waals surface area (Å²) in [6, 6.07) is -8.07. The topological polar surface area (TPSA) is 692 Å². The van der Waals surface area contributed by atoms with Crippen molar-refractivity contribution in [1.29, 1.82) is 0 Å². The predicted molar refractivity (Wildman–Crippen MR) is 419 cm³/mol. The van der Waals surface area contributed by atoms with Gasteiger partial charge in [0.05, 0.1) is 38.0 Å². The molecule has 17 atom stereocenters. The van der Waals surface area contributed by atoms with Gasteiger partial charge in [-0.05, 0) is 85.5 Å². The molecule has 0 aliphatic carbocycles. The number of rotatable bonds is 54. The Morgan fingerprint density at radius 1 is 0.359 bits per heavy atom. The van der Waals surface area contributed by atoms with Crippen LogP contribution in [0.5, 0.6) is 5.75 Å². The van der Waals surface area contributed by atoms with Crippen molar-refractivity contribution in [2.75, 3.05) is 6.54 Å². The van der Waals surface area contributed by atoms with Crippen LogP contribution in [-0.2, 0) is 104 Å². The molecule has 0 heterocycles. The van der Waals surface area contributed by atoms with Crippen molar-refractivity contribution in [1.82, 2.24) is 69.1 Å². The maximum atomic E-state index is 14.6. The zero-order valence-electron chi connectivity index (χ0n) is 67.7. The third-order valence-corrected chi connectivity index (χ3v) is 18.9. The molecule has 2 aromatic carbocycles. The van der Waals surface area contributed by atoms with Gasteiger partial charge in [0.1, 0.15) is 78.3 Å². The van der Waals surface area contributed by atoms with Gasteiger partial charge in [0.15, 0.2) is 0 Å². The Kier molecular flexibility index (Phi) is 43.6. The molecule has 2 rings (SSSR count). The molecule has 0 bridgehead atoms. The Morgan fingerprint density at radius 3 is 1.09 bits per heavy atom. The van der Waals surface area contributed by atoms with E-state index in [1.807, 2.05) is 19.2 Å². The van der Waals surface area contributed by atoms with Gasteiger partial charge < -0.3 is 118 Å². The summed E-state index contributed by atoms with van der Waals surface area (Å²) in [6.45, 7) is 16.9. The molecule has 650 valence electrons. The number of carbonyl (C=O) groups is 19. The van der Waals surface area contributed by atoms with Crippen LogP contribution in [0.3, 0.4) is 0 Å². The first kappa shape index (κ1) is 101. The minimum Gasteiger partial charge on any atom is -0.508 e. The van der Waals surface area contributed by atoms with Gasteiger partial charge in [-0.2, -0.15) is 0 Å². The van der Waals surface area contributed by atoms with Crippen LogP contribution >= 0.6 is 0 Å². The van der Waals surface area contributed by atoms with Crippen molar-refractivity contribution < 1.29 is 112 Å². The molecule has 0 fully saturated rings. The van der Waals surface area contributed by atoms with Crippen LogP contribution in [0.15, 0.2) is 54.6 Å². The monoisotopic (exact) mass is 1650 g/mol. The minimum absolute atomic E-state index is 0.0410. The highest BCUT2D eigenvalue weighted by atomic mass is 16.4. The zero-order chi connectivity index (χ0) is 88.8. The number of benzene rings is 2. The van der Waals surface area contributed by atoms with Crippen molar-refractivity contribution in [2.45, 2.75) is 251 Å². The second-order valence-electron chi connectivity index (χ2n) is 29.8. The molecule has 0 aliphatic heterocycles. The van der Waals surface area contributed by atoms with Crippen molar-refractivity contribution >= 4 is 112 Å². The van der Waals surface area contributed by atoms with Gasteiger partial charge in [-0.15, -0.1) is 0 Å². The van der Waals surface area contributed by atoms with E-state index in [4.69, 9.17) is 28.7 Å². The van der Waals surface area contributed by atoms with E-state index in [1.165, 1.54) is 38.1 Å². The van der Waals surface area contributed by atoms with Gasteiger partial charge in [0.25, 0.3) is 0 Å². The molecular formula is C76H118N18O23. The number of nitrogens with two attached hydrogens (primary N) is 5. The number of aromatic hydroxyl groups is 1. The standard InChI is InChI=1S/C76H118N18O23/c1-12-38(8)60(91-69(109)48(29-37(6)7)86-64(104)45(77)28-36(4)5)73(113)84-47(25-27-55(79)98)66(106)88-51(33-57(81)100)70(110)92-62(40(10)14-3)75(115)93-61(39(9)13-2)74(114)85-46(24-26-54(78)97)65(105)87-50(32-56(80)99)68(108)89-52(34-59(102)103)71(111)94-63(41(11)95)72(112)82-35-58(101)83-49(30-42-18-16-15-17-19-42)67(107)90-53(76(116)117)31-43-20-22-44(96)23-21-43/h15-23,36-41,45-53,60-63,95-96H,12-14,24-35,77H2,1-11H3,(H2,78,97)(H2,79,98)(H2,80,99)(H2,81,100)(H,82,112)(H,83,101)(H,84,113)(H,85,114)(H,86,104)(H,87,105)(H,88,106)(H,89,108)(H,90,107)(H,91,109)(H,92,110)(H,93,115)(H,94,111)(H,102,103)(H,116,117)/t38-,39-,40-,41+,45-,46-,47-,48-,49-,50-,51-,52-,53-,60-,61-,62-,63-/m0/s1. The first-order chi connectivity index (χ1) is 54.7. The van der Waals surface area contributed by atoms with Crippen molar-refractivity contribution in [3.8, 4) is 5.75 Å². The summed E-state index contributed by atoms with van der Waals surface area (Å²) in [4.78, 5) is 257. The molecule has 0 radical (unpaired) electrons. The van der Waals surface area contributed by atoms with Crippen LogP contribution < -0.4 is 97.8 Å². The van der Waals surface area contributed by atoms with Crippen LogP contribution in [0.25, 0.3) is 0 Å². The summed E-state index contributed by atoms with van der Waals surface area (Å²) in [5.41, 5.74) is 29.0. The Balaban J connectivity index is 2.47. The fourth-order valence-electron chi connectivity index (χ4n) is 11.7. The lowest BCUT2D eigenvalue weighted by atomic mass is 9.94. The van der Waals surface area contributed by atoms with E-state index in [9.17, 15) is 112 Å². The average Bonchev–Trinajstić information content (AvgIpc) is 0.836. The lowest BCUT2D eigenvalue weighted by molar-refractivity contribution is -0.142. The Morgan fingerprint density at radius 2 is 0.701 bits per heavy atom. The number of carbonyl (C=O) groups excluding carboxylic acids is 17. The second kappa shape index (κ2) is 50.4. The third kappa shape index (κ3) is 37.1. The van der Waals surface area contributed by atoms with Gasteiger partial charge in [-0.1, -0.05) is 131 Å². The van der Waals surface area contributed by atoms with E-state index in [0.717, 1.165) is 6.92 Å². The largest absolute Gasteiger partial charge is 0.508 e. The lowest BCUT2D eigenvalue weighted by Gasteiger charge is -2.31. The van der Waals surface area contributed by atoms with Gasteiger partial charge in [-0.25, -0.2) is 4.79 Å². The minimum atomic E-state index is -2.22. The average molecular weight is 1650 g/mol. The van der Waals surface area contributed by atoms with Crippen LogP contribution in [0.2, 0.25) is 0 Å². The highest BCUT2D eigenvalue weighted by Crippen LogP contribution is 2.18. The number of carboxylic acids is 2. The Hall–Kier alpha value is -11.9. The first-order valence-corrected chi connectivity index (χ1v) is 38.5. The van der Waals surface area contributed by atoms with E-state index >= 15 is 0 Å². The zero-order valence-corrected chi connectivity index (χ0v) is 67.7. The quantitative estimate of drug-likeness (QED) is 0.0295. The van der Waals surface area contributed by atoms with E-state index in [2.05, 4.69) is 63.8 Å². The first-order valence-electron chi connectivity index (χ1n) is 38.5. The molecule has 0 saturated carbocycles. The molecule has 0 saturated heterocycles. The maximum Gasteiger partial charge on any atom is 0.326 e. The van der Waals surface area contributed by atoms with E-state index in [0.29, 0.717) is 17.5 Å². The summed E-state index contributed by atoms with van der Waals surface area (Å²) in [5, 5.41) is 71.1. The molecule has 0 aromatic heterocycles. The van der Waals surface area contributed by atoms with Gasteiger partial charge >= 0.3 is 11.9 Å². The molecule has 17 amide bonds. The van der Waals surface area contributed by atoms with E-state index in [1.54, 1.807) is 71.9 Å². The van der Waals surface area contributed by atoms with E-state index < -0.39 is 266 Å². The summed E-state index contributed by atoms with van der Waals surface area (Å²) in [5.74, 6) is -24.7. The van der Waals surface area contributed by atoms with E-state index in [-0.39, 0.29) is 56.1 Å². The number of nitrogens with one attached hydrogen (secondary N) is 13. The smallest absolute Gasteiger partial charge is 0.326 e. The normalized spacial score (nSPS) is 15.5. The van der Waals surface area contributed by atoms with Gasteiger partial charge in [0.2, 0.25) is 100 Å². The van der Waals surface area contributed by atoms with Crippen molar-refractivity contribution in [2.24, 2.45) is 58.3 Å². The SMILES string of the molecule is CC[C@H](C)[C@H](NC(=O)[C@H](CC(C)C)NC(=O)[C@@H](N)CC(C)C)C(=O)N[C@@H](CCC(N)=O)C(=O)N[C@@H](CC(N)=O)C(=O)N[C@H](C(=O)N[C@H](C(=O)N[C@@H](CCC(N)=O)C(=O)N[C@@H](CC(N)=O)C(=O)N[C@@H](CC(=O)O)C(=O)N[C@H](C(=O)NCC(=O)N[C@@H](Cc1ccccc1)C(=O)N[C@@H](Cc1ccc(O)cc1)C(=O)O)[C@@H](C)O)[C@@H](C)CC)[C@@H](C)CC. The summed E-state index contributed by atoms with van der Waals surface area (Å²) < 4.78 is 0. The molecule has 0 aliphatic rings. The number of hydrogen-bond acceptors (Lipinski definition) is 22. The molecule has 117 heavy (non-hydrogen) atoms. The van der Waals surface area contributed by atoms with Gasteiger partial charge in [0, 0.05) is 25.7 Å². The summed E-state index contributed by atoms with van der Waals surface area (Å²) >= 11 is 0. The predicted octanol–water partition coefficient (Wildman–Crippen LogP) is -5.11. The fraction of sp³-hybridized carbons (Fsp3) is 0.592. The van der Waals surface area contributed by atoms with Gasteiger partial charge in [-0.3, -0.25) is 86.3 Å². The number of phenolic OH excluding ortho intramolecular Hbond substituents is 1. The molecule has 2 aromatic rings. The Labute approximate surface area is 677 Å². The van der Waals surface area contributed by atoms with Crippen LogP contribution in [0.4, 0.5) is 0 Å². The Bertz CT molecular complexity index is 3790. The number of phenols is 1. The highest BCUT2D eigenvalue weighted by molar-refractivity contribution is 6.02. The lowest BCUT2D eigenvalue weighted by Crippen LogP contribution is -2.63. The second-order valence-corrected chi connectivity index (χ2v) is 29.8. The van der Waals surface area contributed by atoms with Crippen LogP contribution in [0.1, 0.15) is 164 Å². The highest BCUT2D eigenvalue weighted by Gasteiger charge is 2.41. The number of carboxylic acid groups (broad SMARTS) is 2. The molecule has 27 N–H and O–H groups in total. The molecule has 41 nitrogen and oxygen atoms in total. The third-order valence-electron chi connectivity index (χ3n) is 18.9. The number of primary amides is 4. The summed E-state index contributed by atoms with van der Waals surface area (Å²) in [7, 11) is 0. The number of amides is 17. The number of hydrogen-bond donors (Lipinski definition) is 22. The number of aliphatic hydroxyl groups is 1. The van der Waals surface area contributed by atoms with Crippen molar-refractivity contribution in [3.63, 3.8) is 0 Å². The van der Waals surface area contributed by atoms with Crippen LogP contribution in [-0.4, -0.2) is 224 Å². The summed E-state index contributed by atoms with van der Waals surface area (Å²) in [6.07, 6.45) is -6.97. The maximum absolute atomic E-state index is 14.6. The molecule has 0 unspecified atom stereocenters. The number of aliphatic carboxylic acids is 2. The van der Waals surface area contributed by atoms with Crippen molar-refractivity contribution in [3.05, 3.63) is 65.7 Å². The number of aliphatic hydroxyl groups excluding tert-OH is 1.